The number of anilines is 1. The van der Waals surface area contributed by atoms with E-state index in [0.717, 1.165) is 12.3 Å². The second kappa shape index (κ2) is 7.27. The molecule has 9 nitrogen and oxygen atoms in total. The molecule has 1 aromatic heterocycles. The summed E-state index contributed by atoms with van der Waals surface area (Å²) in [7, 11) is 2.99. The van der Waals surface area contributed by atoms with Crippen molar-refractivity contribution in [2.75, 3.05) is 19.5 Å². The van der Waals surface area contributed by atoms with Crippen molar-refractivity contribution < 1.29 is 24.3 Å². The summed E-state index contributed by atoms with van der Waals surface area (Å²) in [6.07, 6.45) is 0.949. The van der Waals surface area contributed by atoms with Gasteiger partial charge in [-0.05, 0) is 17.7 Å². The Labute approximate surface area is 137 Å². The molecule has 0 unspecified atom stereocenters. The van der Waals surface area contributed by atoms with Crippen LogP contribution in [-0.4, -0.2) is 35.1 Å². The number of hydrogen-bond acceptors (Lipinski definition) is 7. The van der Waals surface area contributed by atoms with Crippen LogP contribution in [0.3, 0.4) is 0 Å². The normalized spacial score (nSPS) is 10.1. The number of nitro groups is 1. The first-order valence-electron chi connectivity index (χ1n) is 6.78. The van der Waals surface area contributed by atoms with Crippen molar-refractivity contribution in [3.05, 3.63) is 46.1 Å². The molecule has 0 saturated carbocycles. The summed E-state index contributed by atoms with van der Waals surface area (Å²) < 4.78 is 10.3. The summed E-state index contributed by atoms with van der Waals surface area (Å²) in [5, 5.41) is 22.7. The molecule has 1 aromatic carbocycles. The molecule has 126 valence electrons. The number of pyridine rings is 1. The highest BCUT2D eigenvalue weighted by molar-refractivity contribution is 5.92. The lowest BCUT2D eigenvalue weighted by molar-refractivity contribution is -0.385. The summed E-state index contributed by atoms with van der Waals surface area (Å²) in [5.41, 5.74) is 0.289. The number of aromatic hydroxyl groups is 1. The number of carbonyl (C=O) groups excluding carboxylic acids is 1. The fraction of sp³-hybridized carbons (Fsp3) is 0.200. The van der Waals surface area contributed by atoms with Gasteiger partial charge >= 0.3 is 0 Å². The number of benzene rings is 1. The zero-order valence-electron chi connectivity index (χ0n) is 13.0. The molecular weight excluding hydrogens is 318 g/mol. The monoisotopic (exact) mass is 333 g/mol. The maximum Gasteiger partial charge on any atom is 0.291 e. The Morgan fingerprint density at radius 1 is 1.29 bits per heavy atom. The Balaban J connectivity index is 2.10. The smallest absolute Gasteiger partial charge is 0.291 e. The van der Waals surface area contributed by atoms with Crippen molar-refractivity contribution in [1.29, 1.82) is 0 Å². The van der Waals surface area contributed by atoms with Crippen LogP contribution in [0, 0.1) is 10.1 Å². The quantitative estimate of drug-likeness (QED) is 0.611. The summed E-state index contributed by atoms with van der Waals surface area (Å²) in [4.78, 5) is 25.6. The van der Waals surface area contributed by atoms with Crippen LogP contribution < -0.4 is 14.8 Å². The predicted molar refractivity (Wildman–Crippen MR) is 84.4 cm³/mol. The Morgan fingerprint density at radius 2 is 2.00 bits per heavy atom. The van der Waals surface area contributed by atoms with Crippen LogP contribution in [0.25, 0.3) is 0 Å². The van der Waals surface area contributed by atoms with Gasteiger partial charge in [0.15, 0.2) is 23.1 Å². The Kier molecular flexibility index (Phi) is 5.15. The molecule has 0 aliphatic rings. The molecule has 0 saturated heterocycles. The second-order valence-electron chi connectivity index (χ2n) is 4.73. The minimum Gasteiger partial charge on any atom is -0.504 e. The number of nitrogens with zero attached hydrogens (tertiary/aromatic N) is 2. The number of methoxy groups -OCH3 is 2. The van der Waals surface area contributed by atoms with E-state index in [1.54, 1.807) is 18.2 Å². The molecule has 24 heavy (non-hydrogen) atoms. The lowest BCUT2D eigenvalue weighted by Crippen LogP contribution is -2.15. The van der Waals surface area contributed by atoms with Gasteiger partial charge < -0.3 is 19.9 Å². The predicted octanol–water partition coefficient (Wildman–Crippen LogP) is 1.89. The van der Waals surface area contributed by atoms with Crippen LogP contribution in [0.5, 0.6) is 17.2 Å². The van der Waals surface area contributed by atoms with Gasteiger partial charge in [0.25, 0.3) is 5.69 Å². The second-order valence-corrected chi connectivity index (χ2v) is 4.73. The standard InChI is InChI=1S/C15H15N3O6/c1-23-12-4-3-9(5-13(12)24-2)6-14(20)17-15-11(19)7-10(8-16-15)18(21)22/h3-5,7-8,19H,6H2,1-2H3,(H,16,17,20). The van der Waals surface area contributed by atoms with Gasteiger partial charge in [0, 0.05) is 0 Å². The first-order chi connectivity index (χ1) is 11.4. The van der Waals surface area contributed by atoms with Gasteiger partial charge in [-0.15, -0.1) is 0 Å². The molecule has 1 heterocycles. The first-order valence-corrected chi connectivity index (χ1v) is 6.78. The third kappa shape index (κ3) is 3.88. The van der Waals surface area contributed by atoms with Gasteiger partial charge in [0.05, 0.1) is 31.6 Å². The highest BCUT2D eigenvalue weighted by atomic mass is 16.6. The molecule has 0 atom stereocenters. The van der Waals surface area contributed by atoms with Crippen LogP contribution in [0.1, 0.15) is 5.56 Å². The van der Waals surface area contributed by atoms with Crippen LogP contribution in [0.2, 0.25) is 0 Å². The van der Waals surface area contributed by atoms with Crippen molar-refractivity contribution in [2.45, 2.75) is 6.42 Å². The molecule has 0 radical (unpaired) electrons. The lowest BCUT2D eigenvalue weighted by atomic mass is 10.1. The largest absolute Gasteiger partial charge is 0.504 e. The molecule has 1 amide bonds. The van der Waals surface area contributed by atoms with Gasteiger partial charge in [0.1, 0.15) is 6.20 Å². The Hall–Kier alpha value is -3.36. The molecule has 0 aliphatic heterocycles. The van der Waals surface area contributed by atoms with Crippen molar-refractivity contribution in [3.8, 4) is 17.2 Å². The number of hydrogen-bond donors (Lipinski definition) is 2. The van der Waals surface area contributed by atoms with E-state index in [-0.39, 0.29) is 17.9 Å². The molecule has 9 heteroatoms. The van der Waals surface area contributed by atoms with E-state index in [0.29, 0.717) is 17.1 Å². The average molecular weight is 333 g/mol. The van der Waals surface area contributed by atoms with Crippen molar-refractivity contribution in [3.63, 3.8) is 0 Å². The van der Waals surface area contributed by atoms with Crippen molar-refractivity contribution >= 4 is 17.4 Å². The number of ether oxygens (including phenoxy) is 2. The third-order valence-corrected chi connectivity index (χ3v) is 3.13. The molecule has 2 N–H and O–H groups in total. The zero-order chi connectivity index (χ0) is 17.7. The maximum atomic E-state index is 12.0. The highest BCUT2D eigenvalue weighted by Gasteiger charge is 2.14. The van der Waals surface area contributed by atoms with Gasteiger partial charge in [-0.25, -0.2) is 4.98 Å². The number of rotatable bonds is 6. The third-order valence-electron chi connectivity index (χ3n) is 3.13. The number of aromatic nitrogens is 1. The van der Waals surface area contributed by atoms with Crippen LogP contribution >= 0.6 is 0 Å². The molecule has 0 aliphatic carbocycles. The molecular formula is C15H15N3O6. The number of nitrogens with one attached hydrogen (secondary N) is 1. The lowest BCUT2D eigenvalue weighted by Gasteiger charge is -2.10. The van der Waals surface area contributed by atoms with Crippen LogP contribution in [-0.2, 0) is 11.2 Å². The van der Waals surface area contributed by atoms with Gasteiger partial charge in [0.2, 0.25) is 5.91 Å². The van der Waals surface area contributed by atoms with E-state index in [9.17, 15) is 20.0 Å². The topological polar surface area (TPSA) is 124 Å². The van der Waals surface area contributed by atoms with Crippen LogP contribution in [0.15, 0.2) is 30.5 Å². The molecule has 2 aromatic rings. The van der Waals surface area contributed by atoms with Gasteiger partial charge in [-0.1, -0.05) is 6.07 Å². The van der Waals surface area contributed by atoms with E-state index in [4.69, 9.17) is 9.47 Å². The zero-order valence-corrected chi connectivity index (χ0v) is 13.0. The van der Waals surface area contributed by atoms with Crippen molar-refractivity contribution in [1.82, 2.24) is 4.98 Å². The van der Waals surface area contributed by atoms with E-state index < -0.39 is 16.6 Å². The Bertz CT molecular complexity index is 778. The maximum absolute atomic E-state index is 12.0. The summed E-state index contributed by atoms with van der Waals surface area (Å²) in [5.74, 6) is -0.0507. The molecule has 2 rings (SSSR count). The molecule has 0 spiro atoms. The minimum atomic E-state index is -0.693. The van der Waals surface area contributed by atoms with Gasteiger partial charge in [-0.3, -0.25) is 14.9 Å². The van der Waals surface area contributed by atoms with E-state index in [2.05, 4.69) is 10.3 Å². The average Bonchev–Trinajstić information content (AvgIpc) is 2.56. The fourth-order valence-electron chi connectivity index (χ4n) is 1.99. The molecule has 0 bridgehead atoms. The van der Waals surface area contributed by atoms with Gasteiger partial charge in [-0.2, -0.15) is 0 Å². The summed E-state index contributed by atoms with van der Waals surface area (Å²) >= 11 is 0. The summed E-state index contributed by atoms with van der Waals surface area (Å²) in [6.45, 7) is 0. The molecule has 0 fully saturated rings. The van der Waals surface area contributed by atoms with Crippen LogP contribution in [0.4, 0.5) is 11.5 Å². The SMILES string of the molecule is COc1ccc(CC(=O)Nc2ncc([N+](=O)[O-])cc2O)cc1OC. The number of amides is 1. The number of carbonyl (C=O) groups is 1. The highest BCUT2D eigenvalue weighted by Crippen LogP contribution is 2.28. The summed E-state index contributed by atoms with van der Waals surface area (Å²) in [6, 6.07) is 5.94. The first kappa shape index (κ1) is 17.0. The van der Waals surface area contributed by atoms with E-state index in [1.807, 2.05) is 0 Å². The fourth-order valence-corrected chi connectivity index (χ4v) is 1.99. The minimum absolute atomic E-state index is 0.00153. The Morgan fingerprint density at radius 3 is 2.58 bits per heavy atom. The van der Waals surface area contributed by atoms with Crippen molar-refractivity contribution in [2.24, 2.45) is 0 Å². The van der Waals surface area contributed by atoms with E-state index in [1.165, 1.54) is 14.2 Å². The van der Waals surface area contributed by atoms with E-state index >= 15 is 0 Å².